The van der Waals surface area contributed by atoms with Crippen molar-refractivity contribution in [3.8, 4) is 0 Å². The van der Waals surface area contributed by atoms with Gasteiger partial charge in [-0.05, 0) is 119 Å². The molecule has 1 saturated heterocycles. The summed E-state index contributed by atoms with van der Waals surface area (Å²) in [5.74, 6) is 3.58. The number of unbranched alkanes of at least 4 members (excludes halogenated alkanes) is 2. The predicted molar refractivity (Wildman–Crippen MR) is 207 cm³/mol. The zero-order valence-electron chi connectivity index (χ0n) is 31.5. The van der Waals surface area contributed by atoms with Crippen LogP contribution in [0.4, 0.5) is 11.5 Å². The van der Waals surface area contributed by atoms with Crippen LogP contribution in [-0.2, 0) is 12.8 Å². The van der Waals surface area contributed by atoms with Crippen molar-refractivity contribution in [1.29, 1.82) is 0 Å². The lowest BCUT2D eigenvalue weighted by molar-refractivity contribution is 0.0709. The van der Waals surface area contributed by atoms with E-state index in [0.29, 0.717) is 24.3 Å². The zero-order chi connectivity index (χ0) is 34.8. The van der Waals surface area contributed by atoms with Gasteiger partial charge in [0.25, 0.3) is 0 Å². The molecule has 5 rings (SSSR count). The Bertz CT molecular complexity index is 1300. The molecule has 49 heavy (non-hydrogen) atoms. The minimum Gasteiger partial charge on any atom is -0.396 e. The Morgan fingerprint density at radius 1 is 0.918 bits per heavy atom. The van der Waals surface area contributed by atoms with Gasteiger partial charge in [0.2, 0.25) is 0 Å². The Kier molecular flexibility index (Phi) is 14.5. The Morgan fingerprint density at radius 2 is 1.73 bits per heavy atom. The standard InChI is InChI=1S/C42H71N5O2/c1-4-31-15-16-34(24-31)26-39-35(5-2)27-37-40(47(39)28-42(3,29-48)30-49)36-18-17-33(25-38(36)45-41(37)44)14-7-6-12-32-13-8-10-21-46(23-19-32)22-11-9-20-43/h17-18,25,31-32,34-35,39,48-49H,4-16,19-24,26-30,43H2,1-3H3,(H2,44,45). The number of aromatic nitrogens is 1. The van der Waals surface area contributed by atoms with E-state index in [2.05, 4.69) is 41.8 Å². The number of pyridine rings is 1. The number of hydrogen-bond donors (Lipinski definition) is 4. The van der Waals surface area contributed by atoms with E-state index in [9.17, 15) is 10.2 Å². The summed E-state index contributed by atoms with van der Waals surface area (Å²) in [5, 5.41) is 22.1. The third kappa shape index (κ3) is 9.90. The molecule has 276 valence electrons. The van der Waals surface area contributed by atoms with Crippen LogP contribution in [-0.4, -0.2) is 72.1 Å². The van der Waals surface area contributed by atoms with Crippen molar-refractivity contribution in [3.05, 3.63) is 29.3 Å². The number of aliphatic hydroxyl groups excluding tert-OH is 2. The number of nitrogens with zero attached hydrogens (tertiary/aromatic N) is 3. The normalized spacial score (nSPS) is 25.4. The van der Waals surface area contributed by atoms with E-state index in [1.807, 2.05) is 6.92 Å². The number of hydrogen-bond acceptors (Lipinski definition) is 7. The van der Waals surface area contributed by atoms with Crippen molar-refractivity contribution in [2.45, 2.75) is 136 Å². The molecule has 5 unspecified atom stereocenters. The minimum atomic E-state index is -0.601. The molecule has 0 radical (unpaired) electrons. The summed E-state index contributed by atoms with van der Waals surface area (Å²) in [4.78, 5) is 10.3. The first-order valence-corrected chi connectivity index (χ1v) is 20.4. The second-order valence-electron chi connectivity index (χ2n) is 16.8. The van der Waals surface area contributed by atoms with Crippen LogP contribution in [0, 0.1) is 29.1 Å². The van der Waals surface area contributed by atoms with Crippen LogP contribution in [0.25, 0.3) is 10.9 Å². The first kappa shape index (κ1) is 38.3. The number of nitrogens with two attached hydrogens (primary N) is 2. The molecular weight excluding hydrogens is 606 g/mol. The lowest BCUT2D eigenvalue weighted by Crippen LogP contribution is -2.52. The first-order valence-electron chi connectivity index (χ1n) is 20.4. The second kappa shape index (κ2) is 18.5. The van der Waals surface area contributed by atoms with Gasteiger partial charge in [0.05, 0.1) is 24.4 Å². The Hall–Kier alpha value is -1.93. The smallest absolute Gasteiger partial charge is 0.129 e. The molecule has 0 bridgehead atoms. The molecule has 2 fully saturated rings. The minimum absolute atomic E-state index is 0.0449. The maximum absolute atomic E-state index is 10.5. The predicted octanol–water partition coefficient (Wildman–Crippen LogP) is 7.73. The van der Waals surface area contributed by atoms with Crippen molar-refractivity contribution in [1.82, 2.24) is 9.88 Å². The number of likely N-dealkylation sites (tertiary alicyclic amines) is 1. The highest BCUT2D eigenvalue weighted by molar-refractivity contribution is 5.97. The third-order valence-corrected chi connectivity index (χ3v) is 12.9. The molecule has 2 aromatic rings. The number of fused-ring (bicyclic) bond motifs is 3. The Labute approximate surface area is 298 Å². The number of nitrogen functional groups attached to an aromatic ring is 1. The van der Waals surface area contributed by atoms with Crippen LogP contribution in [0.2, 0.25) is 0 Å². The fourth-order valence-electron chi connectivity index (χ4n) is 9.60. The molecule has 3 heterocycles. The Balaban J connectivity index is 1.31. The summed E-state index contributed by atoms with van der Waals surface area (Å²) in [6, 6.07) is 7.29. The molecule has 0 spiro atoms. The lowest BCUT2D eigenvalue weighted by atomic mass is 9.77. The molecule has 7 nitrogen and oxygen atoms in total. The summed E-state index contributed by atoms with van der Waals surface area (Å²) in [7, 11) is 0. The lowest BCUT2D eigenvalue weighted by Gasteiger charge is -2.48. The maximum Gasteiger partial charge on any atom is 0.129 e. The first-order chi connectivity index (χ1) is 23.8. The highest BCUT2D eigenvalue weighted by Gasteiger charge is 2.41. The van der Waals surface area contributed by atoms with E-state index in [1.54, 1.807) is 0 Å². The molecule has 7 heteroatoms. The van der Waals surface area contributed by atoms with Gasteiger partial charge in [-0.2, -0.15) is 0 Å². The molecule has 1 aliphatic carbocycles. The van der Waals surface area contributed by atoms with Gasteiger partial charge >= 0.3 is 0 Å². The topological polar surface area (TPSA) is 112 Å². The molecule has 5 atom stereocenters. The zero-order valence-corrected chi connectivity index (χ0v) is 31.5. The SMILES string of the molecule is CCC1CCC(CC2C(CC)Cc3c(N)nc4cc(CCCCC5CCCCN(CCCCN)CC5)ccc4c3N2CC(C)(CO)CO)C1. The summed E-state index contributed by atoms with van der Waals surface area (Å²) in [5.41, 5.74) is 16.7. The Morgan fingerprint density at radius 3 is 2.47 bits per heavy atom. The molecule has 0 amide bonds. The van der Waals surface area contributed by atoms with Gasteiger partial charge in [-0.25, -0.2) is 4.98 Å². The molecule has 6 N–H and O–H groups in total. The molecule has 2 aliphatic heterocycles. The summed E-state index contributed by atoms with van der Waals surface area (Å²) >= 11 is 0. The van der Waals surface area contributed by atoms with E-state index in [-0.39, 0.29) is 13.2 Å². The van der Waals surface area contributed by atoms with E-state index >= 15 is 0 Å². The van der Waals surface area contributed by atoms with E-state index in [4.69, 9.17) is 16.5 Å². The van der Waals surface area contributed by atoms with Gasteiger partial charge in [0.1, 0.15) is 5.82 Å². The van der Waals surface area contributed by atoms with Crippen LogP contribution in [0.15, 0.2) is 18.2 Å². The molecule has 1 aromatic heterocycles. The van der Waals surface area contributed by atoms with Crippen LogP contribution < -0.4 is 16.4 Å². The average molecular weight is 678 g/mol. The maximum atomic E-state index is 10.5. The molecular formula is C42H71N5O2. The third-order valence-electron chi connectivity index (χ3n) is 12.9. The van der Waals surface area contributed by atoms with E-state index in [1.165, 1.54) is 120 Å². The van der Waals surface area contributed by atoms with Crippen molar-refractivity contribution < 1.29 is 10.2 Å². The van der Waals surface area contributed by atoms with Crippen molar-refractivity contribution in [2.24, 2.45) is 34.8 Å². The fourth-order valence-corrected chi connectivity index (χ4v) is 9.60. The molecule has 3 aliphatic rings. The second-order valence-corrected chi connectivity index (χ2v) is 16.8. The number of benzene rings is 1. The van der Waals surface area contributed by atoms with Crippen LogP contribution in [0.3, 0.4) is 0 Å². The largest absolute Gasteiger partial charge is 0.396 e. The average Bonchev–Trinajstić information content (AvgIpc) is 3.57. The van der Waals surface area contributed by atoms with Gasteiger partial charge in [-0.1, -0.05) is 84.3 Å². The van der Waals surface area contributed by atoms with Crippen molar-refractivity contribution >= 4 is 22.4 Å². The van der Waals surface area contributed by atoms with Crippen molar-refractivity contribution in [3.63, 3.8) is 0 Å². The van der Waals surface area contributed by atoms with Gasteiger partial charge < -0.3 is 31.5 Å². The van der Waals surface area contributed by atoms with Crippen molar-refractivity contribution in [2.75, 3.05) is 56.6 Å². The van der Waals surface area contributed by atoms with Gasteiger partial charge in [0, 0.05) is 29.0 Å². The van der Waals surface area contributed by atoms with Gasteiger partial charge in [-0.15, -0.1) is 0 Å². The summed E-state index contributed by atoms with van der Waals surface area (Å²) < 4.78 is 0. The number of aliphatic hydroxyl groups is 2. The summed E-state index contributed by atoms with van der Waals surface area (Å²) in [6.07, 6.45) is 21.2. The summed E-state index contributed by atoms with van der Waals surface area (Å²) in [6.45, 7) is 11.7. The fraction of sp³-hybridized carbons (Fsp3) is 0.786. The quantitative estimate of drug-likeness (QED) is 0.127. The van der Waals surface area contributed by atoms with E-state index < -0.39 is 5.41 Å². The number of anilines is 2. The van der Waals surface area contributed by atoms with Gasteiger partial charge in [0.15, 0.2) is 0 Å². The number of rotatable bonds is 17. The highest BCUT2D eigenvalue weighted by Crippen LogP contribution is 2.47. The number of aryl methyl sites for hydroxylation is 1. The highest BCUT2D eigenvalue weighted by atomic mass is 16.3. The van der Waals surface area contributed by atoms with E-state index in [0.717, 1.165) is 61.1 Å². The van der Waals surface area contributed by atoms with Crippen LogP contribution in [0.5, 0.6) is 0 Å². The van der Waals surface area contributed by atoms with Gasteiger partial charge in [-0.3, -0.25) is 0 Å². The van der Waals surface area contributed by atoms with Crippen LogP contribution in [0.1, 0.15) is 128 Å². The monoisotopic (exact) mass is 678 g/mol. The molecule has 1 aromatic carbocycles. The molecule has 1 saturated carbocycles. The van der Waals surface area contributed by atoms with Crippen LogP contribution >= 0.6 is 0 Å².